The van der Waals surface area contributed by atoms with E-state index in [0.717, 1.165) is 24.3 Å². The van der Waals surface area contributed by atoms with Crippen molar-refractivity contribution in [1.29, 1.82) is 0 Å². The van der Waals surface area contributed by atoms with Crippen molar-refractivity contribution in [3.05, 3.63) is 29.8 Å². The predicted molar refractivity (Wildman–Crippen MR) is 85.8 cm³/mol. The number of methoxy groups -OCH3 is 1. The van der Waals surface area contributed by atoms with Gasteiger partial charge < -0.3 is 9.64 Å². The summed E-state index contributed by atoms with van der Waals surface area (Å²) in [6.07, 6.45) is 0.900. The van der Waals surface area contributed by atoms with Gasteiger partial charge in [-0.05, 0) is 44.1 Å². The first-order valence-corrected chi connectivity index (χ1v) is 6.80. The van der Waals surface area contributed by atoms with Gasteiger partial charge in [-0.1, -0.05) is 26.0 Å². The monoisotopic (exact) mass is 305 g/mol. The molecule has 0 heterocycles. The zero-order chi connectivity index (χ0) is 13.8. The predicted octanol–water partition coefficient (Wildman–Crippen LogP) is 4.16. The minimum atomic E-state index is -0.335. The summed E-state index contributed by atoms with van der Waals surface area (Å²) in [4.78, 5) is 1.84. The first kappa shape index (κ1) is 18.6. The Bertz CT molecular complexity index is 384. The Kier molecular flexibility index (Phi) is 7.80. The van der Waals surface area contributed by atoms with Gasteiger partial charge in [0.25, 0.3) is 0 Å². The Hall–Kier alpha value is -0.440. The lowest BCUT2D eigenvalue weighted by Crippen LogP contribution is -2.34. The van der Waals surface area contributed by atoms with Crippen LogP contribution in [0.1, 0.15) is 25.8 Å². The summed E-state index contributed by atoms with van der Waals surface area (Å²) in [7, 11) is 5.84. The van der Waals surface area contributed by atoms with E-state index in [1.54, 1.807) is 7.11 Å². The number of rotatable bonds is 6. The lowest BCUT2D eigenvalue weighted by atomic mass is 9.83. The van der Waals surface area contributed by atoms with Gasteiger partial charge in [-0.25, -0.2) is 0 Å². The molecule has 2 nitrogen and oxygen atoms in total. The van der Waals surface area contributed by atoms with Crippen LogP contribution in [-0.4, -0.2) is 32.6 Å². The summed E-state index contributed by atoms with van der Waals surface area (Å²) in [5, 5.41) is 0. The van der Waals surface area contributed by atoms with Crippen LogP contribution in [0.4, 0.5) is 0 Å². The van der Waals surface area contributed by atoms with Gasteiger partial charge in [0.2, 0.25) is 0 Å². The summed E-state index contributed by atoms with van der Waals surface area (Å²) in [6.45, 7) is 5.31. The highest BCUT2D eigenvalue weighted by atomic mass is 35.5. The molecule has 1 rings (SSSR count). The Morgan fingerprint density at radius 2 is 2.00 bits per heavy atom. The molecule has 4 heteroatoms. The lowest BCUT2D eigenvalue weighted by molar-refractivity contribution is 0.278. The Labute approximate surface area is 128 Å². The van der Waals surface area contributed by atoms with E-state index in [0.29, 0.717) is 5.92 Å². The SMILES string of the molecule is CC[C@@](Cl)(c1cccc(OC)c1)[C@@H](C)CN(C)C.Cl. The Balaban J connectivity index is 0.00000324. The number of benzene rings is 1. The molecular formula is C15H25Cl2NO. The van der Waals surface area contributed by atoms with Crippen LogP contribution >= 0.6 is 24.0 Å². The number of alkyl halides is 1. The second kappa shape index (κ2) is 7.98. The van der Waals surface area contributed by atoms with Crippen LogP contribution in [-0.2, 0) is 4.87 Å². The number of hydrogen-bond acceptors (Lipinski definition) is 2. The minimum absolute atomic E-state index is 0. The summed E-state index contributed by atoms with van der Waals surface area (Å²) in [5.74, 6) is 1.23. The highest BCUT2D eigenvalue weighted by Crippen LogP contribution is 2.41. The maximum absolute atomic E-state index is 6.89. The van der Waals surface area contributed by atoms with E-state index < -0.39 is 0 Å². The molecule has 0 fully saturated rings. The van der Waals surface area contributed by atoms with Crippen LogP contribution < -0.4 is 4.74 Å². The molecule has 0 saturated carbocycles. The Morgan fingerprint density at radius 1 is 1.37 bits per heavy atom. The van der Waals surface area contributed by atoms with E-state index in [-0.39, 0.29) is 17.3 Å². The van der Waals surface area contributed by atoms with Gasteiger partial charge in [0.1, 0.15) is 5.75 Å². The smallest absolute Gasteiger partial charge is 0.119 e. The number of nitrogens with zero attached hydrogens (tertiary/aromatic N) is 1. The fourth-order valence-corrected chi connectivity index (χ4v) is 2.60. The first-order chi connectivity index (χ1) is 8.43. The number of hydrogen-bond donors (Lipinski definition) is 0. The molecule has 0 amide bonds. The molecule has 0 unspecified atom stereocenters. The maximum atomic E-state index is 6.89. The van der Waals surface area contributed by atoms with Gasteiger partial charge in [-0.15, -0.1) is 24.0 Å². The maximum Gasteiger partial charge on any atom is 0.119 e. The van der Waals surface area contributed by atoms with Crippen molar-refractivity contribution in [2.45, 2.75) is 25.1 Å². The first-order valence-electron chi connectivity index (χ1n) is 6.42. The van der Waals surface area contributed by atoms with Crippen molar-refractivity contribution in [2.75, 3.05) is 27.7 Å². The second-order valence-corrected chi connectivity index (χ2v) is 5.79. The van der Waals surface area contributed by atoms with Crippen molar-refractivity contribution in [2.24, 2.45) is 5.92 Å². The average Bonchev–Trinajstić information content (AvgIpc) is 2.37. The van der Waals surface area contributed by atoms with Gasteiger partial charge in [-0.3, -0.25) is 0 Å². The third-order valence-corrected chi connectivity index (χ3v) is 4.34. The summed E-state index contributed by atoms with van der Waals surface area (Å²) in [6, 6.07) is 8.09. The zero-order valence-electron chi connectivity index (χ0n) is 12.4. The van der Waals surface area contributed by atoms with Gasteiger partial charge in [0.05, 0.1) is 12.0 Å². The van der Waals surface area contributed by atoms with Crippen LogP contribution in [0.3, 0.4) is 0 Å². The molecule has 1 aromatic rings. The van der Waals surface area contributed by atoms with E-state index in [1.807, 2.05) is 18.2 Å². The van der Waals surface area contributed by atoms with Gasteiger partial charge in [-0.2, -0.15) is 0 Å². The molecule has 0 aliphatic rings. The van der Waals surface area contributed by atoms with Crippen LogP contribution in [0.5, 0.6) is 5.75 Å². The Morgan fingerprint density at radius 3 is 2.47 bits per heavy atom. The van der Waals surface area contributed by atoms with E-state index in [2.05, 4.69) is 38.9 Å². The van der Waals surface area contributed by atoms with Gasteiger partial charge >= 0.3 is 0 Å². The van der Waals surface area contributed by atoms with E-state index in [4.69, 9.17) is 16.3 Å². The molecular weight excluding hydrogens is 281 g/mol. The molecule has 0 aromatic heterocycles. The van der Waals surface area contributed by atoms with E-state index in [1.165, 1.54) is 0 Å². The van der Waals surface area contributed by atoms with E-state index >= 15 is 0 Å². The number of halogens is 2. The molecule has 0 aliphatic heterocycles. The summed E-state index contributed by atoms with van der Waals surface area (Å²) >= 11 is 6.89. The van der Waals surface area contributed by atoms with Crippen LogP contribution in [0.15, 0.2) is 24.3 Å². The van der Waals surface area contributed by atoms with Crippen molar-refractivity contribution >= 4 is 24.0 Å². The van der Waals surface area contributed by atoms with Crippen molar-refractivity contribution in [3.8, 4) is 5.75 Å². The van der Waals surface area contributed by atoms with Crippen LogP contribution in [0, 0.1) is 5.92 Å². The molecule has 0 spiro atoms. The lowest BCUT2D eigenvalue weighted by Gasteiger charge is -2.34. The molecule has 0 bridgehead atoms. The highest BCUT2D eigenvalue weighted by molar-refractivity contribution is 6.24. The molecule has 0 aliphatic carbocycles. The zero-order valence-corrected chi connectivity index (χ0v) is 14.0. The van der Waals surface area contributed by atoms with Gasteiger partial charge in [0, 0.05) is 6.54 Å². The third-order valence-electron chi connectivity index (χ3n) is 3.48. The second-order valence-electron chi connectivity index (χ2n) is 5.11. The molecule has 2 atom stereocenters. The fourth-order valence-electron chi connectivity index (χ4n) is 2.41. The minimum Gasteiger partial charge on any atom is -0.497 e. The van der Waals surface area contributed by atoms with E-state index in [9.17, 15) is 0 Å². The van der Waals surface area contributed by atoms with Crippen LogP contribution in [0.25, 0.3) is 0 Å². The van der Waals surface area contributed by atoms with Crippen molar-refractivity contribution < 1.29 is 4.74 Å². The average molecular weight is 306 g/mol. The highest BCUT2D eigenvalue weighted by Gasteiger charge is 2.34. The molecule has 0 saturated heterocycles. The normalized spacial score (nSPS) is 15.5. The molecule has 110 valence electrons. The largest absolute Gasteiger partial charge is 0.497 e. The molecule has 19 heavy (non-hydrogen) atoms. The third kappa shape index (κ3) is 4.55. The van der Waals surface area contributed by atoms with Crippen molar-refractivity contribution in [3.63, 3.8) is 0 Å². The summed E-state index contributed by atoms with van der Waals surface area (Å²) in [5.41, 5.74) is 1.14. The molecule has 0 N–H and O–H groups in total. The topological polar surface area (TPSA) is 12.5 Å². The standard InChI is InChI=1S/C15H24ClNO.ClH/c1-6-15(16,12(2)11-17(3)4)13-8-7-9-14(10-13)18-5;/h7-10,12H,6,11H2,1-5H3;1H/t12-,15-;/m0./s1. The van der Waals surface area contributed by atoms with Crippen molar-refractivity contribution in [1.82, 2.24) is 4.90 Å². The fraction of sp³-hybridized carbons (Fsp3) is 0.600. The number of ether oxygens (including phenoxy) is 1. The quantitative estimate of drug-likeness (QED) is 0.732. The summed E-state index contributed by atoms with van der Waals surface area (Å²) < 4.78 is 5.29. The van der Waals surface area contributed by atoms with Crippen LogP contribution in [0.2, 0.25) is 0 Å². The molecule has 1 aromatic carbocycles. The molecule has 0 radical (unpaired) electrons. The van der Waals surface area contributed by atoms with Gasteiger partial charge in [0.15, 0.2) is 0 Å².